The Morgan fingerprint density at radius 2 is 1.88 bits per heavy atom. The molecule has 0 N–H and O–H groups in total. The van der Waals surface area contributed by atoms with E-state index in [0.29, 0.717) is 52.2 Å². The number of nitrogens with zero attached hydrogens (tertiary/aromatic N) is 1. The number of benzene rings is 1. The van der Waals surface area contributed by atoms with Crippen LogP contribution in [0.15, 0.2) is 30.3 Å². The van der Waals surface area contributed by atoms with Gasteiger partial charge in [0.15, 0.2) is 9.84 Å². The van der Waals surface area contributed by atoms with E-state index in [4.69, 9.17) is 9.47 Å². The van der Waals surface area contributed by atoms with E-state index in [-0.39, 0.29) is 12.0 Å². The molecule has 2 unspecified atom stereocenters. The summed E-state index contributed by atoms with van der Waals surface area (Å²) in [5.74, 6) is -0.308. The summed E-state index contributed by atoms with van der Waals surface area (Å²) in [6, 6.07) is 9.97. The van der Waals surface area contributed by atoms with E-state index in [1.54, 1.807) is 4.90 Å². The summed E-state index contributed by atoms with van der Waals surface area (Å²) in [7, 11) is -3.50. The van der Waals surface area contributed by atoms with Crippen LogP contribution in [-0.4, -0.2) is 68.7 Å². The van der Waals surface area contributed by atoms with Crippen LogP contribution in [0.5, 0.6) is 0 Å². The van der Waals surface area contributed by atoms with Crippen molar-refractivity contribution in [1.82, 2.24) is 4.90 Å². The van der Waals surface area contributed by atoms with Crippen LogP contribution < -0.4 is 0 Å². The summed E-state index contributed by atoms with van der Waals surface area (Å²) in [6.07, 6.45) is 1.55. The molecule has 144 valence electrons. The van der Waals surface area contributed by atoms with Crippen LogP contribution in [-0.2, 0) is 30.5 Å². The molecular weight excluding hydrogens is 354 g/mol. The Morgan fingerprint density at radius 3 is 2.58 bits per heavy atom. The first-order chi connectivity index (χ1) is 12.5. The molecule has 0 radical (unpaired) electrons. The van der Waals surface area contributed by atoms with Gasteiger partial charge in [-0.2, -0.15) is 0 Å². The molecule has 0 bridgehead atoms. The standard InChI is InChI=1S/C19H27NO5S/c1-15(26(22,23)18-7-10-24-11-8-18)19(21)20-9-12-25-17(14-20)13-16-5-3-2-4-6-16/h2-6,15,17-18H,7-14H2,1H3. The van der Waals surface area contributed by atoms with Crippen LogP contribution in [0, 0.1) is 0 Å². The molecule has 7 heteroatoms. The van der Waals surface area contributed by atoms with E-state index in [2.05, 4.69) is 0 Å². The van der Waals surface area contributed by atoms with Gasteiger partial charge in [0.2, 0.25) is 5.91 Å². The maximum atomic E-state index is 12.8. The third-order valence-electron chi connectivity index (χ3n) is 5.23. The first kappa shape index (κ1) is 19.3. The normalized spacial score (nSPS) is 23.6. The summed E-state index contributed by atoms with van der Waals surface area (Å²) in [5.41, 5.74) is 1.15. The fraction of sp³-hybridized carbons (Fsp3) is 0.632. The minimum Gasteiger partial charge on any atom is -0.381 e. The second-order valence-electron chi connectivity index (χ2n) is 7.01. The summed E-state index contributed by atoms with van der Waals surface area (Å²) in [6.45, 7) is 3.73. The maximum absolute atomic E-state index is 12.8. The van der Waals surface area contributed by atoms with Crippen LogP contribution in [0.1, 0.15) is 25.3 Å². The second kappa shape index (κ2) is 8.50. The van der Waals surface area contributed by atoms with Crippen molar-refractivity contribution in [3.8, 4) is 0 Å². The molecule has 2 saturated heterocycles. The molecule has 1 aromatic carbocycles. The highest BCUT2D eigenvalue weighted by Crippen LogP contribution is 2.22. The van der Waals surface area contributed by atoms with Crippen LogP contribution in [0.2, 0.25) is 0 Å². The van der Waals surface area contributed by atoms with E-state index in [0.717, 1.165) is 5.56 Å². The third kappa shape index (κ3) is 4.45. The highest BCUT2D eigenvalue weighted by Gasteiger charge is 2.39. The van der Waals surface area contributed by atoms with Gasteiger partial charge >= 0.3 is 0 Å². The van der Waals surface area contributed by atoms with Gasteiger partial charge in [0.05, 0.1) is 18.0 Å². The van der Waals surface area contributed by atoms with Crippen LogP contribution >= 0.6 is 0 Å². The number of sulfone groups is 1. The first-order valence-electron chi connectivity index (χ1n) is 9.23. The summed E-state index contributed by atoms with van der Waals surface area (Å²) in [4.78, 5) is 14.5. The topological polar surface area (TPSA) is 72.9 Å². The SMILES string of the molecule is CC(C(=O)N1CCOC(Cc2ccccc2)C1)S(=O)(=O)C1CCOCC1. The number of amides is 1. The molecule has 0 spiro atoms. The van der Waals surface area contributed by atoms with Crippen molar-refractivity contribution >= 4 is 15.7 Å². The number of ether oxygens (including phenoxy) is 2. The zero-order valence-electron chi connectivity index (χ0n) is 15.2. The molecule has 2 fully saturated rings. The Kier molecular flexibility index (Phi) is 6.32. The highest BCUT2D eigenvalue weighted by atomic mass is 32.2. The van der Waals surface area contributed by atoms with Gasteiger partial charge in [-0.15, -0.1) is 0 Å². The Bertz CT molecular complexity index is 700. The molecule has 6 nitrogen and oxygen atoms in total. The van der Waals surface area contributed by atoms with Crippen molar-refractivity contribution in [1.29, 1.82) is 0 Å². The molecule has 0 saturated carbocycles. The van der Waals surface area contributed by atoms with E-state index in [9.17, 15) is 13.2 Å². The monoisotopic (exact) mass is 381 g/mol. The van der Waals surface area contributed by atoms with E-state index < -0.39 is 20.3 Å². The quantitative estimate of drug-likeness (QED) is 0.772. The zero-order valence-corrected chi connectivity index (χ0v) is 16.0. The smallest absolute Gasteiger partial charge is 0.240 e. The van der Waals surface area contributed by atoms with Crippen molar-refractivity contribution in [2.24, 2.45) is 0 Å². The number of carbonyl (C=O) groups is 1. The highest BCUT2D eigenvalue weighted by molar-refractivity contribution is 7.93. The largest absolute Gasteiger partial charge is 0.381 e. The number of morpholine rings is 1. The van der Waals surface area contributed by atoms with Crippen molar-refractivity contribution < 1.29 is 22.7 Å². The van der Waals surface area contributed by atoms with Gasteiger partial charge < -0.3 is 14.4 Å². The Hall–Kier alpha value is -1.44. The molecule has 0 aliphatic carbocycles. The summed E-state index contributed by atoms with van der Waals surface area (Å²) < 4.78 is 36.6. The zero-order chi connectivity index (χ0) is 18.6. The molecular formula is C19H27NO5S. The molecule has 2 aliphatic heterocycles. The Balaban J connectivity index is 1.62. The van der Waals surface area contributed by atoms with Crippen LogP contribution in [0.4, 0.5) is 0 Å². The Labute approximate surface area is 155 Å². The number of hydrogen-bond donors (Lipinski definition) is 0. The predicted octanol–water partition coefficient (Wildman–Crippen LogP) is 1.44. The molecule has 2 atom stereocenters. The van der Waals surface area contributed by atoms with E-state index >= 15 is 0 Å². The lowest BCUT2D eigenvalue weighted by molar-refractivity contribution is -0.138. The lowest BCUT2D eigenvalue weighted by atomic mass is 10.1. The van der Waals surface area contributed by atoms with Crippen molar-refractivity contribution in [2.75, 3.05) is 32.9 Å². The third-order valence-corrected chi connectivity index (χ3v) is 7.82. The predicted molar refractivity (Wildman–Crippen MR) is 98.7 cm³/mol. The Morgan fingerprint density at radius 1 is 1.19 bits per heavy atom. The molecule has 0 aromatic heterocycles. The molecule has 3 rings (SSSR count). The van der Waals surface area contributed by atoms with Crippen molar-refractivity contribution in [3.63, 3.8) is 0 Å². The summed E-state index contributed by atoms with van der Waals surface area (Å²) >= 11 is 0. The minimum atomic E-state index is -3.50. The first-order valence-corrected chi connectivity index (χ1v) is 10.8. The fourth-order valence-corrected chi connectivity index (χ4v) is 5.47. The lowest BCUT2D eigenvalue weighted by Gasteiger charge is -2.35. The average Bonchev–Trinajstić information content (AvgIpc) is 2.68. The van der Waals surface area contributed by atoms with Crippen molar-refractivity contribution in [2.45, 2.75) is 42.8 Å². The van der Waals surface area contributed by atoms with Gasteiger partial charge in [-0.3, -0.25) is 4.79 Å². The fourth-order valence-electron chi connectivity index (χ4n) is 3.61. The van der Waals surface area contributed by atoms with E-state index in [1.807, 2.05) is 30.3 Å². The number of hydrogen-bond acceptors (Lipinski definition) is 5. The molecule has 2 heterocycles. The second-order valence-corrected chi connectivity index (χ2v) is 9.56. The lowest BCUT2D eigenvalue weighted by Crippen LogP contribution is -2.52. The average molecular weight is 381 g/mol. The van der Waals surface area contributed by atoms with Gasteiger partial charge in [0, 0.05) is 32.7 Å². The van der Waals surface area contributed by atoms with Crippen molar-refractivity contribution in [3.05, 3.63) is 35.9 Å². The van der Waals surface area contributed by atoms with Crippen LogP contribution in [0.3, 0.4) is 0 Å². The maximum Gasteiger partial charge on any atom is 0.240 e. The molecule has 1 amide bonds. The van der Waals surface area contributed by atoms with E-state index in [1.165, 1.54) is 6.92 Å². The van der Waals surface area contributed by atoms with Gasteiger partial charge in [-0.05, 0) is 25.3 Å². The van der Waals surface area contributed by atoms with Gasteiger partial charge in [0.1, 0.15) is 5.25 Å². The minimum absolute atomic E-state index is 0.104. The molecule has 2 aliphatic rings. The number of carbonyl (C=O) groups excluding carboxylic acids is 1. The molecule has 26 heavy (non-hydrogen) atoms. The van der Waals surface area contributed by atoms with Crippen LogP contribution in [0.25, 0.3) is 0 Å². The van der Waals surface area contributed by atoms with Gasteiger partial charge in [-0.1, -0.05) is 30.3 Å². The number of rotatable bonds is 5. The summed E-state index contributed by atoms with van der Waals surface area (Å²) in [5, 5.41) is -1.49. The van der Waals surface area contributed by atoms with Gasteiger partial charge in [0.25, 0.3) is 0 Å². The molecule has 1 aromatic rings. The van der Waals surface area contributed by atoms with Gasteiger partial charge in [-0.25, -0.2) is 8.42 Å².